The van der Waals surface area contributed by atoms with Gasteiger partial charge in [0.15, 0.2) is 0 Å². The molecule has 0 radical (unpaired) electrons. The molecule has 1 aliphatic heterocycles. The molecule has 1 saturated heterocycles. The Bertz CT molecular complexity index is 784. The fraction of sp³-hybridized carbons (Fsp3) is 0.350. The molecule has 2 atom stereocenters. The van der Waals surface area contributed by atoms with Gasteiger partial charge in [-0.3, -0.25) is 4.79 Å². The highest BCUT2D eigenvalue weighted by Crippen LogP contribution is 2.31. The molecule has 6 nitrogen and oxygen atoms in total. The molecule has 1 aromatic heterocycles. The van der Waals surface area contributed by atoms with Gasteiger partial charge >= 0.3 is 0 Å². The summed E-state index contributed by atoms with van der Waals surface area (Å²) in [6.45, 7) is 1.73. The van der Waals surface area contributed by atoms with Crippen LogP contribution in [0.1, 0.15) is 27.7 Å². The van der Waals surface area contributed by atoms with E-state index in [-0.39, 0.29) is 18.1 Å². The maximum atomic E-state index is 13.1. The Kier molecular flexibility index (Phi) is 5.61. The number of carbonyl (C=O) groups excluding carboxylic acids is 1. The van der Waals surface area contributed by atoms with Crippen LogP contribution in [0.4, 0.5) is 0 Å². The largest absolute Gasteiger partial charge is 0.373 e. The quantitative estimate of drug-likeness (QED) is 0.845. The predicted molar refractivity (Wildman–Crippen MR) is 97.5 cm³/mol. The first-order valence-electron chi connectivity index (χ1n) is 8.58. The van der Waals surface area contributed by atoms with Gasteiger partial charge in [0.25, 0.3) is 5.91 Å². The van der Waals surface area contributed by atoms with Gasteiger partial charge in [-0.05, 0) is 31.8 Å². The number of nitrogens with zero attached hydrogens (tertiary/aromatic N) is 4. The Labute approximate surface area is 153 Å². The molecule has 0 saturated carbocycles. The second-order valence-corrected chi connectivity index (χ2v) is 6.57. The fourth-order valence-electron chi connectivity index (χ4n) is 3.27. The number of nitriles is 1. The van der Waals surface area contributed by atoms with Crippen molar-refractivity contribution < 1.29 is 9.53 Å². The molecule has 0 N–H and O–H groups in total. The van der Waals surface area contributed by atoms with Crippen LogP contribution < -0.4 is 0 Å². The van der Waals surface area contributed by atoms with Crippen LogP contribution in [0.15, 0.2) is 48.7 Å². The molecule has 1 amide bonds. The first kappa shape index (κ1) is 18.1. The Morgan fingerprint density at radius 3 is 2.69 bits per heavy atom. The van der Waals surface area contributed by atoms with Crippen molar-refractivity contribution in [2.24, 2.45) is 0 Å². The fourth-order valence-corrected chi connectivity index (χ4v) is 3.27. The summed E-state index contributed by atoms with van der Waals surface area (Å²) in [5.74, 6) is -0.0945. The Hall–Kier alpha value is -2.75. The highest BCUT2D eigenvalue weighted by atomic mass is 16.5. The first-order valence-corrected chi connectivity index (χ1v) is 8.58. The van der Waals surface area contributed by atoms with Crippen LogP contribution in [0.5, 0.6) is 0 Å². The summed E-state index contributed by atoms with van der Waals surface area (Å²) in [6, 6.07) is 15.0. The smallest absolute Gasteiger partial charge is 0.256 e. The third kappa shape index (κ3) is 3.90. The van der Waals surface area contributed by atoms with Gasteiger partial charge in [-0.15, -0.1) is 0 Å². The SMILES string of the molecule is CN(C)C[C@@H]1OCCN(C(=O)c2ccc(C#N)nc2)[C@H]1c1ccccc1. The van der Waals surface area contributed by atoms with Crippen LogP contribution in [0.25, 0.3) is 0 Å². The van der Waals surface area contributed by atoms with E-state index in [0.29, 0.717) is 24.4 Å². The lowest BCUT2D eigenvalue weighted by Crippen LogP contribution is -2.51. The Morgan fingerprint density at radius 1 is 1.31 bits per heavy atom. The predicted octanol–water partition coefficient (Wildman–Crippen LogP) is 2.10. The summed E-state index contributed by atoms with van der Waals surface area (Å²) < 4.78 is 6.01. The van der Waals surface area contributed by atoms with Crippen LogP contribution >= 0.6 is 0 Å². The molecule has 1 fully saturated rings. The van der Waals surface area contributed by atoms with Gasteiger partial charge in [0.1, 0.15) is 11.8 Å². The molecule has 2 aromatic rings. The summed E-state index contributed by atoms with van der Waals surface area (Å²) in [7, 11) is 3.99. The van der Waals surface area contributed by atoms with Gasteiger partial charge in [-0.1, -0.05) is 30.3 Å². The van der Waals surface area contributed by atoms with Crippen molar-refractivity contribution in [3.63, 3.8) is 0 Å². The summed E-state index contributed by atoms with van der Waals surface area (Å²) in [5, 5.41) is 8.90. The first-order chi connectivity index (χ1) is 12.6. The van der Waals surface area contributed by atoms with Crippen LogP contribution in [0, 0.1) is 11.3 Å². The summed E-state index contributed by atoms with van der Waals surface area (Å²) in [5.41, 5.74) is 1.83. The van der Waals surface area contributed by atoms with E-state index in [1.165, 1.54) is 6.20 Å². The second-order valence-electron chi connectivity index (χ2n) is 6.57. The van der Waals surface area contributed by atoms with Gasteiger partial charge in [0.2, 0.25) is 0 Å². The van der Waals surface area contributed by atoms with E-state index in [0.717, 1.165) is 12.1 Å². The number of hydrogen-bond donors (Lipinski definition) is 0. The van der Waals surface area contributed by atoms with E-state index >= 15 is 0 Å². The molecule has 0 spiro atoms. The molecule has 0 unspecified atom stereocenters. The average Bonchev–Trinajstić information content (AvgIpc) is 2.67. The van der Waals surface area contributed by atoms with E-state index in [2.05, 4.69) is 9.88 Å². The minimum atomic E-state index is -0.171. The number of benzene rings is 1. The van der Waals surface area contributed by atoms with Crippen molar-refractivity contribution in [1.82, 2.24) is 14.8 Å². The zero-order valence-electron chi connectivity index (χ0n) is 15.0. The van der Waals surface area contributed by atoms with Crippen LogP contribution in [0.2, 0.25) is 0 Å². The van der Waals surface area contributed by atoms with Crippen molar-refractivity contribution in [3.05, 3.63) is 65.5 Å². The number of aromatic nitrogens is 1. The van der Waals surface area contributed by atoms with Gasteiger partial charge < -0.3 is 14.5 Å². The number of pyridine rings is 1. The topological polar surface area (TPSA) is 69.5 Å². The molecule has 1 aliphatic rings. The molecule has 1 aromatic carbocycles. The third-order valence-corrected chi connectivity index (χ3v) is 4.42. The molecular weight excluding hydrogens is 328 g/mol. The summed E-state index contributed by atoms with van der Waals surface area (Å²) in [4.78, 5) is 21.1. The van der Waals surface area contributed by atoms with E-state index in [4.69, 9.17) is 10.00 Å². The average molecular weight is 350 g/mol. The maximum Gasteiger partial charge on any atom is 0.256 e. The normalized spacial score (nSPS) is 20.0. The number of rotatable bonds is 4. The molecule has 2 heterocycles. The lowest BCUT2D eigenvalue weighted by atomic mass is 9.96. The molecule has 0 aliphatic carbocycles. The summed E-state index contributed by atoms with van der Waals surface area (Å²) >= 11 is 0. The highest BCUT2D eigenvalue weighted by molar-refractivity contribution is 5.94. The van der Waals surface area contributed by atoms with Crippen molar-refractivity contribution in [3.8, 4) is 6.07 Å². The van der Waals surface area contributed by atoms with Crippen LogP contribution in [-0.2, 0) is 4.74 Å². The van der Waals surface area contributed by atoms with Gasteiger partial charge in [0.05, 0.1) is 24.3 Å². The van der Waals surface area contributed by atoms with Crippen LogP contribution in [0.3, 0.4) is 0 Å². The van der Waals surface area contributed by atoms with Gasteiger partial charge in [-0.25, -0.2) is 4.98 Å². The number of likely N-dealkylation sites (N-methyl/N-ethyl adjacent to an activating group) is 1. The second kappa shape index (κ2) is 8.09. The Morgan fingerprint density at radius 2 is 2.08 bits per heavy atom. The lowest BCUT2D eigenvalue weighted by Gasteiger charge is -2.42. The molecule has 0 bridgehead atoms. The highest BCUT2D eigenvalue weighted by Gasteiger charge is 2.37. The van der Waals surface area contributed by atoms with Gasteiger partial charge in [-0.2, -0.15) is 5.26 Å². The van der Waals surface area contributed by atoms with E-state index < -0.39 is 0 Å². The van der Waals surface area contributed by atoms with Crippen LogP contribution in [-0.4, -0.2) is 60.6 Å². The van der Waals surface area contributed by atoms with Crippen molar-refractivity contribution in [2.75, 3.05) is 33.8 Å². The monoisotopic (exact) mass is 350 g/mol. The minimum absolute atomic E-state index is 0.0945. The van der Waals surface area contributed by atoms with Gasteiger partial charge in [0, 0.05) is 19.3 Å². The number of hydrogen-bond acceptors (Lipinski definition) is 5. The number of ether oxygens (including phenoxy) is 1. The standard InChI is InChI=1S/C20H22N4O2/c1-23(2)14-18-19(15-6-4-3-5-7-15)24(10-11-26-18)20(25)16-8-9-17(12-21)22-13-16/h3-9,13,18-19H,10-11,14H2,1-2H3/t18-,19-/m0/s1. The Balaban J connectivity index is 1.93. The molecule has 3 rings (SSSR count). The van der Waals surface area contributed by atoms with E-state index in [1.807, 2.05) is 55.4 Å². The van der Waals surface area contributed by atoms with Crippen molar-refractivity contribution in [1.29, 1.82) is 5.26 Å². The molecule has 26 heavy (non-hydrogen) atoms. The van der Waals surface area contributed by atoms with E-state index in [9.17, 15) is 4.79 Å². The minimum Gasteiger partial charge on any atom is -0.373 e. The van der Waals surface area contributed by atoms with Crippen molar-refractivity contribution >= 4 is 5.91 Å². The van der Waals surface area contributed by atoms with E-state index in [1.54, 1.807) is 12.1 Å². The molecule has 134 valence electrons. The number of morpholine rings is 1. The zero-order valence-corrected chi connectivity index (χ0v) is 15.0. The number of amides is 1. The van der Waals surface area contributed by atoms with Crippen molar-refractivity contribution in [2.45, 2.75) is 12.1 Å². The molecule has 6 heteroatoms. The molecular formula is C20H22N4O2. The zero-order chi connectivity index (χ0) is 18.5. The number of carbonyl (C=O) groups is 1. The lowest BCUT2D eigenvalue weighted by molar-refractivity contribution is -0.0684. The maximum absolute atomic E-state index is 13.1. The summed E-state index contributed by atoms with van der Waals surface area (Å²) in [6.07, 6.45) is 1.36. The third-order valence-electron chi connectivity index (χ3n) is 4.42.